The first-order chi connectivity index (χ1) is 8.63. The lowest BCUT2D eigenvalue weighted by atomic mass is 10.1. The molecule has 4 nitrogen and oxygen atoms in total. The van der Waals surface area contributed by atoms with E-state index in [1.807, 2.05) is 0 Å². The molecule has 0 aliphatic rings. The topological polar surface area (TPSA) is 61.5 Å². The van der Waals surface area contributed by atoms with Gasteiger partial charge < -0.3 is 15.2 Å². The maximum atomic E-state index is 13.0. The molecule has 19 heavy (non-hydrogen) atoms. The molecule has 0 heterocycles. The highest BCUT2D eigenvalue weighted by molar-refractivity contribution is 5.90. The minimum absolute atomic E-state index is 0.139. The van der Waals surface area contributed by atoms with Gasteiger partial charge in [-0.25, -0.2) is 4.79 Å². The van der Waals surface area contributed by atoms with E-state index in [0.717, 1.165) is 0 Å². The van der Waals surface area contributed by atoms with Crippen molar-refractivity contribution in [3.8, 4) is 5.75 Å². The number of alkyl halides is 2. The first-order valence-electron chi connectivity index (χ1n) is 5.73. The minimum atomic E-state index is -3.47. The van der Waals surface area contributed by atoms with Gasteiger partial charge in [0.25, 0.3) is 0 Å². The van der Waals surface area contributed by atoms with Crippen LogP contribution in [0.2, 0.25) is 0 Å². The van der Waals surface area contributed by atoms with Crippen LogP contribution < -0.4 is 10.5 Å². The Balaban J connectivity index is 2.86. The molecule has 1 aromatic carbocycles. The molecule has 1 aromatic rings. The van der Waals surface area contributed by atoms with E-state index in [4.69, 9.17) is 10.5 Å². The van der Waals surface area contributed by atoms with Gasteiger partial charge in [0.1, 0.15) is 11.4 Å². The third kappa shape index (κ3) is 5.21. The van der Waals surface area contributed by atoms with E-state index in [0.29, 0.717) is 0 Å². The summed E-state index contributed by atoms with van der Waals surface area (Å²) < 4.78 is 35.5. The molecule has 6 heteroatoms. The fraction of sp³-hybridized carbons (Fsp3) is 0.462. The molecule has 0 spiro atoms. The summed E-state index contributed by atoms with van der Waals surface area (Å²) in [6, 6.07) is 5.40. The van der Waals surface area contributed by atoms with Crippen LogP contribution in [0.5, 0.6) is 5.75 Å². The van der Waals surface area contributed by atoms with Crippen LogP contribution in [0.4, 0.5) is 8.78 Å². The summed E-state index contributed by atoms with van der Waals surface area (Å²) in [4.78, 5) is 11.8. The van der Waals surface area contributed by atoms with Crippen LogP contribution in [0.25, 0.3) is 0 Å². The molecule has 106 valence electrons. The number of benzene rings is 1. The predicted molar refractivity (Wildman–Crippen MR) is 66.2 cm³/mol. The molecule has 2 N–H and O–H groups in total. The monoisotopic (exact) mass is 273 g/mol. The maximum Gasteiger partial charge on any atom is 0.410 e. The van der Waals surface area contributed by atoms with Gasteiger partial charge >= 0.3 is 12.1 Å². The summed E-state index contributed by atoms with van der Waals surface area (Å²) in [5.74, 6) is -0.743. The summed E-state index contributed by atoms with van der Waals surface area (Å²) in [5, 5.41) is 0. The Bertz CT molecular complexity index is 455. The number of ether oxygens (including phenoxy) is 2. The SMILES string of the molecule is CC(C)(C)OC(=O)c1cccc(OC(F)(F)CN)c1. The highest BCUT2D eigenvalue weighted by Crippen LogP contribution is 2.22. The highest BCUT2D eigenvalue weighted by atomic mass is 19.3. The summed E-state index contributed by atoms with van der Waals surface area (Å²) in [7, 11) is 0. The zero-order valence-electron chi connectivity index (χ0n) is 11.1. The average molecular weight is 273 g/mol. The van der Waals surface area contributed by atoms with E-state index in [2.05, 4.69) is 4.74 Å². The van der Waals surface area contributed by atoms with E-state index >= 15 is 0 Å². The number of nitrogens with two attached hydrogens (primary N) is 1. The largest absolute Gasteiger partial charge is 0.456 e. The van der Waals surface area contributed by atoms with Crippen LogP contribution in [0, 0.1) is 0 Å². The van der Waals surface area contributed by atoms with Crippen LogP contribution in [0.15, 0.2) is 24.3 Å². The molecule has 0 saturated heterocycles. The second-order valence-corrected chi connectivity index (χ2v) is 4.97. The molecule has 0 atom stereocenters. The fourth-order valence-electron chi connectivity index (χ4n) is 1.24. The van der Waals surface area contributed by atoms with Gasteiger partial charge in [0.15, 0.2) is 0 Å². The Kier molecular flexibility index (Phi) is 4.47. The predicted octanol–water partition coefficient (Wildman–Crippen LogP) is 2.57. The lowest BCUT2D eigenvalue weighted by molar-refractivity contribution is -0.166. The van der Waals surface area contributed by atoms with Crippen LogP contribution in [-0.2, 0) is 4.74 Å². The van der Waals surface area contributed by atoms with Crippen molar-refractivity contribution in [3.63, 3.8) is 0 Å². The average Bonchev–Trinajstić information content (AvgIpc) is 2.26. The van der Waals surface area contributed by atoms with Gasteiger partial charge in [-0.1, -0.05) is 6.07 Å². The molecule has 0 amide bonds. The van der Waals surface area contributed by atoms with Crippen molar-refractivity contribution < 1.29 is 23.0 Å². The molecule has 0 radical (unpaired) electrons. The molecule has 0 aliphatic carbocycles. The van der Waals surface area contributed by atoms with Gasteiger partial charge in [0.2, 0.25) is 0 Å². The minimum Gasteiger partial charge on any atom is -0.456 e. The molecule has 0 saturated carbocycles. The third-order valence-corrected chi connectivity index (χ3v) is 1.97. The summed E-state index contributed by atoms with van der Waals surface area (Å²) in [6.45, 7) is 4.21. The van der Waals surface area contributed by atoms with Gasteiger partial charge in [-0.3, -0.25) is 0 Å². The Morgan fingerprint density at radius 3 is 2.47 bits per heavy atom. The normalized spacial score (nSPS) is 12.1. The van der Waals surface area contributed by atoms with E-state index in [1.54, 1.807) is 20.8 Å². The van der Waals surface area contributed by atoms with Crippen molar-refractivity contribution in [1.29, 1.82) is 0 Å². The van der Waals surface area contributed by atoms with Gasteiger partial charge in [0, 0.05) is 0 Å². The number of carbonyl (C=O) groups excluding carboxylic acids is 1. The number of halogens is 2. The first-order valence-corrected chi connectivity index (χ1v) is 5.73. The van der Waals surface area contributed by atoms with Crippen molar-refractivity contribution in [3.05, 3.63) is 29.8 Å². The summed E-state index contributed by atoms with van der Waals surface area (Å²) in [6.07, 6.45) is -3.47. The maximum absolute atomic E-state index is 13.0. The number of hydrogen-bond donors (Lipinski definition) is 1. The van der Waals surface area contributed by atoms with Crippen molar-refractivity contribution in [2.24, 2.45) is 5.73 Å². The van der Waals surface area contributed by atoms with Crippen molar-refractivity contribution >= 4 is 5.97 Å². The van der Waals surface area contributed by atoms with Gasteiger partial charge in [-0.05, 0) is 39.0 Å². The summed E-state index contributed by atoms with van der Waals surface area (Å²) in [5.41, 5.74) is 4.35. The Morgan fingerprint density at radius 2 is 1.95 bits per heavy atom. The highest BCUT2D eigenvalue weighted by Gasteiger charge is 2.29. The first kappa shape index (κ1) is 15.4. The molecular weight excluding hydrogens is 256 g/mol. The zero-order valence-corrected chi connectivity index (χ0v) is 11.1. The fourth-order valence-corrected chi connectivity index (χ4v) is 1.24. The van der Waals surface area contributed by atoms with E-state index in [-0.39, 0.29) is 11.3 Å². The second-order valence-electron chi connectivity index (χ2n) is 4.97. The molecule has 0 aliphatic heterocycles. The lowest BCUT2D eigenvalue weighted by Crippen LogP contribution is -2.34. The van der Waals surface area contributed by atoms with Crippen LogP contribution in [-0.4, -0.2) is 24.2 Å². The third-order valence-electron chi connectivity index (χ3n) is 1.97. The molecule has 0 aromatic heterocycles. The van der Waals surface area contributed by atoms with E-state index < -0.39 is 24.2 Å². The second kappa shape index (κ2) is 5.52. The molecule has 1 rings (SSSR count). The standard InChI is InChI=1S/C13H17F2NO3/c1-12(2,3)19-11(17)9-5-4-6-10(7-9)18-13(14,15)8-16/h4-7H,8,16H2,1-3H3. The van der Waals surface area contributed by atoms with E-state index in [1.165, 1.54) is 24.3 Å². The Morgan fingerprint density at radius 1 is 1.32 bits per heavy atom. The molecule has 0 fully saturated rings. The quantitative estimate of drug-likeness (QED) is 0.856. The van der Waals surface area contributed by atoms with Crippen molar-refractivity contribution in [2.75, 3.05) is 6.54 Å². The lowest BCUT2D eigenvalue weighted by Gasteiger charge is -2.20. The van der Waals surface area contributed by atoms with Crippen molar-refractivity contribution in [1.82, 2.24) is 0 Å². The number of rotatable bonds is 4. The Labute approximate surface area is 110 Å². The van der Waals surface area contributed by atoms with Gasteiger partial charge in [0.05, 0.1) is 12.1 Å². The van der Waals surface area contributed by atoms with Crippen molar-refractivity contribution in [2.45, 2.75) is 32.5 Å². The Hall–Kier alpha value is -1.69. The molecule has 0 bridgehead atoms. The van der Waals surface area contributed by atoms with Crippen LogP contribution >= 0.6 is 0 Å². The molecule has 0 unspecified atom stereocenters. The van der Waals surface area contributed by atoms with Gasteiger partial charge in [-0.2, -0.15) is 8.78 Å². The smallest absolute Gasteiger partial charge is 0.410 e. The zero-order chi connectivity index (χ0) is 14.7. The summed E-state index contributed by atoms with van der Waals surface area (Å²) >= 11 is 0. The van der Waals surface area contributed by atoms with E-state index in [9.17, 15) is 13.6 Å². The number of carbonyl (C=O) groups is 1. The number of hydrogen-bond acceptors (Lipinski definition) is 4. The van der Waals surface area contributed by atoms with Gasteiger partial charge in [-0.15, -0.1) is 0 Å². The molecular formula is C13H17F2NO3. The van der Waals surface area contributed by atoms with Crippen LogP contribution in [0.1, 0.15) is 31.1 Å². The van der Waals surface area contributed by atoms with Crippen LogP contribution in [0.3, 0.4) is 0 Å². The number of esters is 1.